The van der Waals surface area contributed by atoms with E-state index in [0.29, 0.717) is 12.0 Å². The monoisotopic (exact) mass is 262 g/mol. The van der Waals surface area contributed by atoms with E-state index in [-0.39, 0.29) is 12.6 Å². The standard InChI is InChI=1S/C16H26N2O/c1-4-14(17-3)13-7-5-6-8-15(13)18-10-9-12(2)16(18)11-19/h5-8,12,14,16-17,19H,4,9-11H2,1-3H3. The van der Waals surface area contributed by atoms with Crippen LogP contribution in [0.25, 0.3) is 0 Å². The molecule has 3 unspecified atom stereocenters. The van der Waals surface area contributed by atoms with Crippen molar-refractivity contribution in [1.82, 2.24) is 5.32 Å². The molecule has 2 rings (SSSR count). The third kappa shape index (κ3) is 2.77. The van der Waals surface area contributed by atoms with Gasteiger partial charge in [-0.05, 0) is 37.4 Å². The average Bonchev–Trinajstić information content (AvgIpc) is 2.81. The summed E-state index contributed by atoms with van der Waals surface area (Å²) in [5.74, 6) is 0.563. The minimum absolute atomic E-state index is 0.242. The lowest BCUT2D eigenvalue weighted by atomic mass is 10.00. The predicted molar refractivity (Wildman–Crippen MR) is 80.5 cm³/mol. The molecule has 0 amide bonds. The first kappa shape index (κ1) is 14.4. The molecule has 1 fully saturated rings. The number of aliphatic hydroxyl groups is 1. The minimum Gasteiger partial charge on any atom is -0.394 e. The minimum atomic E-state index is 0.242. The Morgan fingerprint density at radius 2 is 2.16 bits per heavy atom. The highest BCUT2D eigenvalue weighted by Gasteiger charge is 2.32. The van der Waals surface area contributed by atoms with Crippen LogP contribution >= 0.6 is 0 Å². The maximum atomic E-state index is 9.65. The van der Waals surface area contributed by atoms with Crippen LogP contribution in [0.5, 0.6) is 0 Å². The molecule has 0 aromatic heterocycles. The van der Waals surface area contributed by atoms with Gasteiger partial charge in [-0.25, -0.2) is 0 Å². The highest BCUT2D eigenvalue weighted by atomic mass is 16.3. The van der Waals surface area contributed by atoms with Gasteiger partial charge >= 0.3 is 0 Å². The SMILES string of the molecule is CCC(NC)c1ccccc1N1CCC(C)C1CO. The Hall–Kier alpha value is -1.06. The van der Waals surface area contributed by atoms with Crippen molar-refractivity contribution in [3.63, 3.8) is 0 Å². The summed E-state index contributed by atoms with van der Waals surface area (Å²) in [7, 11) is 2.01. The molecule has 1 aromatic rings. The van der Waals surface area contributed by atoms with Crippen molar-refractivity contribution in [3.8, 4) is 0 Å². The summed E-state index contributed by atoms with van der Waals surface area (Å²) in [6.45, 7) is 5.72. The van der Waals surface area contributed by atoms with Crippen molar-refractivity contribution in [2.24, 2.45) is 5.92 Å². The molecule has 1 aromatic carbocycles. The molecule has 0 spiro atoms. The van der Waals surface area contributed by atoms with Gasteiger partial charge in [0.1, 0.15) is 0 Å². The van der Waals surface area contributed by atoms with Crippen LogP contribution in [0.1, 0.15) is 38.3 Å². The lowest BCUT2D eigenvalue weighted by Crippen LogP contribution is -2.36. The maximum Gasteiger partial charge on any atom is 0.0637 e. The molecule has 2 N–H and O–H groups in total. The smallest absolute Gasteiger partial charge is 0.0637 e. The van der Waals surface area contributed by atoms with Gasteiger partial charge in [0.05, 0.1) is 12.6 Å². The number of nitrogens with one attached hydrogen (secondary N) is 1. The van der Waals surface area contributed by atoms with E-state index in [9.17, 15) is 5.11 Å². The summed E-state index contributed by atoms with van der Waals surface area (Å²) in [4.78, 5) is 2.39. The summed E-state index contributed by atoms with van der Waals surface area (Å²) in [5, 5.41) is 13.0. The van der Waals surface area contributed by atoms with Crippen LogP contribution in [0.2, 0.25) is 0 Å². The first-order valence-corrected chi connectivity index (χ1v) is 7.36. The van der Waals surface area contributed by atoms with Crippen LogP contribution in [-0.2, 0) is 0 Å². The van der Waals surface area contributed by atoms with Crippen molar-refractivity contribution in [2.45, 2.75) is 38.8 Å². The molecule has 0 radical (unpaired) electrons. The van der Waals surface area contributed by atoms with Gasteiger partial charge in [-0.15, -0.1) is 0 Å². The van der Waals surface area contributed by atoms with Crippen molar-refractivity contribution >= 4 is 5.69 Å². The molecule has 3 heteroatoms. The zero-order valence-electron chi connectivity index (χ0n) is 12.3. The van der Waals surface area contributed by atoms with E-state index >= 15 is 0 Å². The summed E-state index contributed by atoms with van der Waals surface area (Å²) < 4.78 is 0. The quantitative estimate of drug-likeness (QED) is 0.856. The number of aliphatic hydroxyl groups excluding tert-OH is 1. The van der Waals surface area contributed by atoms with Gasteiger partial charge in [-0.3, -0.25) is 0 Å². The summed E-state index contributed by atoms with van der Waals surface area (Å²) in [5.41, 5.74) is 2.63. The van der Waals surface area contributed by atoms with E-state index in [1.807, 2.05) is 7.05 Å². The lowest BCUT2D eigenvalue weighted by molar-refractivity contribution is 0.244. The van der Waals surface area contributed by atoms with Crippen LogP contribution in [0.15, 0.2) is 24.3 Å². The van der Waals surface area contributed by atoms with Gasteiger partial charge in [0, 0.05) is 18.3 Å². The second-order valence-electron chi connectivity index (χ2n) is 5.52. The molecule has 3 nitrogen and oxygen atoms in total. The van der Waals surface area contributed by atoms with E-state index < -0.39 is 0 Å². The third-order valence-corrected chi connectivity index (χ3v) is 4.45. The second kappa shape index (κ2) is 6.40. The summed E-state index contributed by atoms with van der Waals surface area (Å²) in [6.07, 6.45) is 2.23. The zero-order valence-corrected chi connectivity index (χ0v) is 12.3. The Morgan fingerprint density at radius 1 is 1.42 bits per heavy atom. The number of benzene rings is 1. The first-order valence-electron chi connectivity index (χ1n) is 7.36. The number of para-hydroxylation sites is 1. The Balaban J connectivity index is 2.34. The molecule has 0 saturated carbocycles. The van der Waals surface area contributed by atoms with Crippen molar-refractivity contribution < 1.29 is 5.11 Å². The van der Waals surface area contributed by atoms with Crippen LogP contribution in [0, 0.1) is 5.92 Å². The highest BCUT2D eigenvalue weighted by Crippen LogP contribution is 2.34. The fourth-order valence-electron chi connectivity index (χ4n) is 3.21. The van der Waals surface area contributed by atoms with Crippen molar-refractivity contribution in [2.75, 3.05) is 25.1 Å². The molecule has 1 aliphatic heterocycles. The molecule has 106 valence electrons. The molecular weight excluding hydrogens is 236 g/mol. The Kier molecular flexibility index (Phi) is 4.83. The summed E-state index contributed by atoms with van der Waals surface area (Å²) in [6, 6.07) is 9.24. The molecule has 0 bridgehead atoms. The van der Waals surface area contributed by atoms with E-state index in [1.165, 1.54) is 11.3 Å². The highest BCUT2D eigenvalue weighted by molar-refractivity contribution is 5.56. The van der Waals surface area contributed by atoms with Gasteiger partial charge in [-0.2, -0.15) is 0 Å². The first-order chi connectivity index (χ1) is 9.22. The Bertz CT molecular complexity index is 403. The molecule has 1 heterocycles. The second-order valence-corrected chi connectivity index (χ2v) is 5.52. The van der Waals surface area contributed by atoms with Gasteiger partial charge in [0.2, 0.25) is 0 Å². The molecule has 3 atom stereocenters. The van der Waals surface area contributed by atoms with Gasteiger partial charge < -0.3 is 15.3 Å². The van der Waals surface area contributed by atoms with Crippen molar-refractivity contribution in [1.29, 1.82) is 0 Å². The number of nitrogens with zero attached hydrogens (tertiary/aromatic N) is 1. The van der Waals surface area contributed by atoms with E-state index in [4.69, 9.17) is 0 Å². The van der Waals surface area contributed by atoms with Crippen LogP contribution in [0.3, 0.4) is 0 Å². The van der Waals surface area contributed by atoms with E-state index in [0.717, 1.165) is 19.4 Å². The van der Waals surface area contributed by atoms with Crippen molar-refractivity contribution in [3.05, 3.63) is 29.8 Å². The molecule has 1 aliphatic rings. The largest absolute Gasteiger partial charge is 0.394 e. The molecule has 0 aliphatic carbocycles. The van der Waals surface area contributed by atoms with Crippen LogP contribution in [0.4, 0.5) is 5.69 Å². The van der Waals surface area contributed by atoms with E-state index in [1.54, 1.807) is 0 Å². The van der Waals surface area contributed by atoms with E-state index in [2.05, 4.69) is 48.3 Å². The zero-order chi connectivity index (χ0) is 13.8. The van der Waals surface area contributed by atoms with Crippen LogP contribution in [-0.4, -0.2) is 31.3 Å². The number of hydrogen-bond acceptors (Lipinski definition) is 3. The maximum absolute atomic E-state index is 9.65. The Morgan fingerprint density at radius 3 is 2.79 bits per heavy atom. The lowest BCUT2D eigenvalue weighted by Gasteiger charge is -2.31. The number of hydrogen-bond donors (Lipinski definition) is 2. The van der Waals surface area contributed by atoms with Gasteiger partial charge in [0.25, 0.3) is 0 Å². The third-order valence-electron chi connectivity index (χ3n) is 4.45. The molecule has 19 heavy (non-hydrogen) atoms. The fraction of sp³-hybridized carbons (Fsp3) is 0.625. The van der Waals surface area contributed by atoms with Crippen LogP contribution < -0.4 is 10.2 Å². The summed E-state index contributed by atoms with van der Waals surface area (Å²) >= 11 is 0. The molecular formula is C16H26N2O. The normalized spacial score (nSPS) is 24.7. The van der Waals surface area contributed by atoms with Gasteiger partial charge in [-0.1, -0.05) is 32.0 Å². The topological polar surface area (TPSA) is 35.5 Å². The Labute approximate surface area is 116 Å². The number of rotatable bonds is 5. The predicted octanol–water partition coefficient (Wildman–Crippen LogP) is 2.56. The average molecular weight is 262 g/mol. The molecule has 1 saturated heterocycles. The van der Waals surface area contributed by atoms with Gasteiger partial charge in [0.15, 0.2) is 0 Å². The fourth-order valence-corrected chi connectivity index (χ4v) is 3.21. The number of anilines is 1.